The molecule has 0 amide bonds. The van der Waals surface area contributed by atoms with Crippen LogP contribution >= 0.6 is 0 Å². The van der Waals surface area contributed by atoms with Gasteiger partial charge >= 0.3 is 6.18 Å². The van der Waals surface area contributed by atoms with Crippen LogP contribution in [-0.4, -0.2) is 11.9 Å². The van der Waals surface area contributed by atoms with Crippen LogP contribution in [0.25, 0.3) is 0 Å². The van der Waals surface area contributed by atoms with Gasteiger partial charge in [-0.25, -0.2) is 0 Å². The highest BCUT2D eigenvalue weighted by Gasteiger charge is 2.31. The van der Waals surface area contributed by atoms with Crippen LogP contribution in [0, 0.1) is 0 Å². The van der Waals surface area contributed by atoms with Crippen LogP contribution < -0.4 is 5.84 Å². The average Bonchev–Trinajstić information content (AvgIpc) is 1.89. The lowest BCUT2D eigenvalue weighted by molar-refractivity contribution is -0.0593. The first-order valence-corrected chi connectivity index (χ1v) is 2.80. The molecule has 5 heteroatoms. The summed E-state index contributed by atoms with van der Waals surface area (Å²) in [7, 11) is 0. The number of rotatable bonds is 0. The molecule has 0 unspecified atom stereocenters. The number of halogens is 3. The number of nitrogens with two attached hydrogens (primary N) is 1. The van der Waals surface area contributed by atoms with E-state index in [0.29, 0.717) is 0 Å². The zero-order valence-electron chi connectivity index (χ0n) is 6.16. The minimum absolute atomic E-state index is 0.806. The quantitative estimate of drug-likeness (QED) is 0.324. The van der Waals surface area contributed by atoms with Crippen molar-refractivity contribution in [3.05, 3.63) is 0 Å². The van der Waals surface area contributed by atoms with Crippen LogP contribution in [0.4, 0.5) is 13.2 Å². The van der Waals surface area contributed by atoms with E-state index in [2.05, 4.69) is 10.9 Å². The van der Waals surface area contributed by atoms with Gasteiger partial charge in [-0.15, -0.1) is 0 Å². The van der Waals surface area contributed by atoms with Crippen LogP contribution in [0.5, 0.6) is 0 Å². The molecule has 0 bridgehead atoms. The Morgan fingerprint density at radius 3 is 1.60 bits per heavy atom. The molecule has 0 atom stereocenters. The molecule has 0 aromatic carbocycles. The maximum Gasteiger partial charge on any atom is 0.430 e. The summed E-state index contributed by atoms with van der Waals surface area (Å²) >= 11 is 0. The Balaban J connectivity index is 0. The summed E-state index contributed by atoms with van der Waals surface area (Å²) in [5.74, 6) is 4.33. The SMILES string of the molecule is C/C(=N/N)C(F)(F)F.CC. The Hall–Kier alpha value is -0.740. The van der Waals surface area contributed by atoms with Crippen molar-refractivity contribution in [2.75, 3.05) is 0 Å². The standard InChI is InChI=1S/C3H5F3N2.C2H6/c1-2(8-7)3(4,5)6;1-2/h7H2,1H3;1-2H3/b8-2-;. The molecule has 0 aliphatic heterocycles. The number of hydrogen-bond acceptors (Lipinski definition) is 2. The van der Waals surface area contributed by atoms with E-state index in [0.717, 1.165) is 6.92 Å². The number of hydrazone groups is 1. The van der Waals surface area contributed by atoms with Gasteiger partial charge in [0, 0.05) is 0 Å². The molecule has 0 radical (unpaired) electrons. The predicted octanol–water partition coefficient (Wildman–Crippen LogP) is 1.91. The largest absolute Gasteiger partial charge is 0.430 e. The fourth-order valence-electron chi connectivity index (χ4n) is 0.0732. The van der Waals surface area contributed by atoms with Crippen LogP contribution in [-0.2, 0) is 0 Å². The smallest absolute Gasteiger partial charge is 0.323 e. The highest BCUT2D eigenvalue weighted by molar-refractivity contribution is 5.86. The van der Waals surface area contributed by atoms with Crippen LogP contribution in [0.15, 0.2) is 5.10 Å². The number of hydrogen-bond donors (Lipinski definition) is 1. The van der Waals surface area contributed by atoms with E-state index in [1.54, 1.807) is 0 Å². The van der Waals surface area contributed by atoms with Crippen molar-refractivity contribution in [1.29, 1.82) is 0 Å². The Labute approximate surface area is 57.9 Å². The van der Waals surface area contributed by atoms with Gasteiger partial charge in [0.1, 0.15) is 5.71 Å². The Bertz CT molecular complexity index is 106. The Kier molecular flexibility index (Phi) is 6.09. The van der Waals surface area contributed by atoms with Crippen molar-refractivity contribution in [2.24, 2.45) is 10.9 Å². The van der Waals surface area contributed by atoms with E-state index in [-0.39, 0.29) is 0 Å². The fourth-order valence-corrected chi connectivity index (χ4v) is 0.0732. The van der Waals surface area contributed by atoms with Gasteiger partial charge in [0.2, 0.25) is 0 Å². The summed E-state index contributed by atoms with van der Waals surface area (Å²) in [6, 6.07) is 0. The van der Waals surface area contributed by atoms with Crippen molar-refractivity contribution in [2.45, 2.75) is 26.9 Å². The molecule has 2 nitrogen and oxygen atoms in total. The van der Waals surface area contributed by atoms with Gasteiger partial charge in [0.15, 0.2) is 0 Å². The molecule has 2 N–H and O–H groups in total. The molecule has 10 heavy (non-hydrogen) atoms. The molecule has 0 spiro atoms. The zero-order chi connectivity index (χ0) is 8.78. The van der Waals surface area contributed by atoms with Gasteiger partial charge in [-0.2, -0.15) is 18.3 Å². The summed E-state index contributed by atoms with van der Waals surface area (Å²) in [6.07, 6.45) is -4.37. The monoisotopic (exact) mass is 156 g/mol. The summed E-state index contributed by atoms with van der Waals surface area (Å²) in [4.78, 5) is 0. The van der Waals surface area contributed by atoms with Crippen molar-refractivity contribution in [1.82, 2.24) is 0 Å². The summed E-state index contributed by atoms with van der Waals surface area (Å²) < 4.78 is 33.7. The third kappa shape index (κ3) is 5.40. The van der Waals surface area contributed by atoms with E-state index in [1.807, 2.05) is 13.8 Å². The second kappa shape index (κ2) is 5.08. The maximum absolute atomic E-state index is 11.2. The number of alkyl halides is 3. The maximum atomic E-state index is 11.2. The topological polar surface area (TPSA) is 38.4 Å². The predicted molar refractivity (Wildman–Crippen MR) is 34.7 cm³/mol. The van der Waals surface area contributed by atoms with E-state index < -0.39 is 11.9 Å². The van der Waals surface area contributed by atoms with Crippen LogP contribution in [0.3, 0.4) is 0 Å². The van der Waals surface area contributed by atoms with Crippen molar-refractivity contribution in [3.63, 3.8) is 0 Å². The molecule has 0 aromatic rings. The highest BCUT2D eigenvalue weighted by atomic mass is 19.4. The van der Waals surface area contributed by atoms with E-state index in [1.165, 1.54) is 0 Å². The van der Waals surface area contributed by atoms with E-state index in [4.69, 9.17) is 0 Å². The third-order valence-corrected chi connectivity index (χ3v) is 0.604. The Morgan fingerprint density at radius 1 is 1.30 bits per heavy atom. The first kappa shape index (κ1) is 12.0. The zero-order valence-corrected chi connectivity index (χ0v) is 6.16. The molecule has 0 rings (SSSR count). The van der Waals surface area contributed by atoms with Gasteiger partial charge in [-0.1, -0.05) is 13.8 Å². The minimum atomic E-state index is -4.37. The average molecular weight is 156 g/mol. The molecule has 0 saturated heterocycles. The third-order valence-electron chi connectivity index (χ3n) is 0.604. The van der Waals surface area contributed by atoms with Crippen molar-refractivity contribution >= 4 is 5.71 Å². The molecule has 0 saturated carbocycles. The second-order valence-corrected chi connectivity index (χ2v) is 1.21. The normalized spacial score (nSPS) is 12.0. The van der Waals surface area contributed by atoms with Crippen molar-refractivity contribution in [3.8, 4) is 0 Å². The molecule has 0 heterocycles. The summed E-state index contributed by atoms with van der Waals surface area (Å²) in [5.41, 5.74) is -1.02. The molecule has 0 aliphatic rings. The van der Waals surface area contributed by atoms with Gasteiger partial charge in [-0.3, -0.25) is 0 Å². The minimum Gasteiger partial charge on any atom is -0.323 e. The fraction of sp³-hybridized carbons (Fsp3) is 0.800. The highest BCUT2D eigenvalue weighted by Crippen LogP contribution is 2.15. The van der Waals surface area contributed by atoms with Gasteiger partial charge in [0.25, 0.3) is 0 Å². The summed E-state index contributed by atoms with van der Waals surface area (Å²) in [5, 5.41) is 2.45. The molecule has 62 valence electrons. The Morgan fingerprint density at radius 2 is 1.60 bits per heavy atom. The lowest BCUT2D eigenvalue weighted by atomic mass is 10.4. The molecule has 0 aromatic heterocycles. The second-order valence-electron chi connectivity index (χ2n) is 1.21. The van der Waals surface area contributed by atoms with Crippen molar-refractivity contribution < 1.29 is 13.2 Å². The molecular formula is C5H11F3N2. The summed E-state index contributed by atoms with van der Waals surface area (Å²) in [6.45, 7) is 4.81. The van der Waals surface area contributed by atoms with Crippen LogP contribution in [0.1, 0.15) is 20.8 Å². The van der Waals surface area contributed by atoms with Gasteiger partial charge in [0.05, 0.1) is 0 Å². The molecular weight excluding hydrogens is 145 g/mol. The molecule has 0 aliphatic carbocycles. The van der Waals surface area contributed by atoms with Gasteiger partial charge < -0.3 is 5.84 Å². The molecule has 0 fully saturated rings. The first-order valence-electron chi connectivity index (χ1n) is 2.80. The number of nitrogens with zero attached hydrogens (tertiary/aromatic N) is 1. The lowest BCUT2D eigenvalue weighted by Crippen LogP contribution is -2.20. The van der Waals surface area contributed by atoms with Crippen LogP contribution in [0.2, 0.25) is 0 Å². The van der Waals surface area contributed by atoms with Gasteiger partial charge in [-0.05, 0) is 6.92 Å². The lowest BCUT2D eigenvalue weighted by Gasteiger charge is -2.01. The van der Waals surface area contributed by atoms with E-state index in [9.17, 15) is 13.2 Å². The first-order chi connectivity index (χ1) is 4.48. The van der Waals surface area contributed by atoms with E-state index >= 15 is 0 Å².